The van der Waals surface area contributed by atoms with E-state index in [-0.39, 0.29) is 0 Å². The van der Waals surface area contributed by atoms with Crippen molar-refractivity contribution in [1.82, 2.24) is 19.1 Å². The molecule has 5 nitrogen and oxygen atoms in total. The summed E-state index contributed by atoms with van der Waals surface area (Å²) in [5.41, 5.74) is 5.22. The highest BCUT2D eigenvalue weighted by Crippen LogP contribution is 2.46. The van der Waals surface area contributed by atoms with Crippen molar-refractivity contribution in [2.45, 2.75) is 9.79 Å². The molecule has 1 aliphatic rings. The van der Waals surface area contributed by atoms with Crippen LogP contribution in [0.25, 0.3) is 50.0 Å². The molecule has 3 aromatic heterocycles. The Morgan fingerprint density at radius 2 is 1.30 bits per heavy atom. The van der Waals surface area contributed by atoms with E-state index in [1.807, 2.05) is 30.1 Å². The van der Waals surface area contributed by atoms with E-state index in [2.05, 4.69) is 186 Å². The number of imidazole rings is 1. The second-order valence-electron chi connectivity index (χ2n) is 14.2. The predicted octanol–water partition coefficient (Wildman–Crippen LogP) is 9.37. The molecular weight excluding hydrogens is 721 g/mol. The molecule has 266 valence electrons. The topological polar surface area (TPSA) is 44.9 Å². The van der Waals surface area contributed by atoms with Crippen molar-refractivity contribution in [1.29, 1.82) is 0 Å². The third-order valence-corrected chi connectivity index (χ3v) is 17.6. The zero-order valence-electron chi connectivity index (χ0n) is 30.5. The van der Waals surface area contributed by atoms with E-state index in [0.717, 1.165) is 50.8 Å². The smallest absolute Gasteiger partial charge is 0.186 e. The highest BCUT2D eigenvalue weighted by molar-refractivity contribution is 8.00. The van der Waals surface area contributed by atoms with E-state index < -0.39 is 8.07 Å². The summed E-state index contributed by atoms with van der Waals surface area (Å²) in [6.45, 7) is 0. The molecule has 0 unspecified atom stereocenters. The summed E-state index contributed by atoms with van der Waals surface area (Å²) in [6, 6.07) is 65.1. The van der Waals surface area contributed by atoms with E-state index in [4.69, 9.17) is 14.7 Å². The fraction of sp³-hybridized carbons (Fsp3) is 0.0204. The molecule has 0 fully saturated rings. The maximum absolute atomic E-state index is 7.41. The third-order valence-electron chi connectivity index (χ3n) is 11.2. The molecule has 0 saturated heterocycles. The van der Waals surface area contributed by atoms with Crippen molar-refractivity contribution < 1.29 is 4.74 Å². The fourth-order valence-electron chi connectivity index (χ4n) is 8.82. The lowest BCUT2D eigenvalue weighted by atomic mass is 10.1. The maximum atomic E-state index is 7.41. The van der Waals surface area contributed by atoms with Crippen molar-refractivity contribution in [2.24, 2.45) is 7.05 Å². The molecule has 7 aromatic carbocycles. The van der Waals surface area contributed by atoms with E-state index >= 15 is 0 Å². The van der Waals surface area contributed by atoms with Gasteiger partial charge in [0.2, 0.25) is 0 Å². The second-order valence-corrected chi connectivity index (χ2v) is 19.0. The number of fused-ring (bicyclic) bond motifs is 7. The van der Waals surface area contributed by atoms with E-state index in [1.54, 1.807) is 0 Å². The lowest BCUT2D eigenvalue weighted by molar-refractivity contribution is 0.486. The van der Waals surface area contributed by atoms with Gasteiger partial charge >= 0.3 is 0 Å². The van der Waals surface area contributed by atoms with Crippen molar-refractivity contribution in [3.05, 3.63) is 188 Å². The van der Waals surface area contributed by atoms with Gasteiger partial charge in [-0.25, -0.2) is 9.97 Å². The average molecular weight is 755 g/mol. The SMILES string of the molecule is Cn1c(-c2cccc(Oc3cc4c(c5c3[Si](c3ccccc3)(c3ccccc3)c3ccccc3S5)c3ccccc3n4-c3ccccn3)c2)nc2ccccc21. The first-order chi connectivity index (χ1) is 27.7. The van der Waals surface area contributed by atoms with Crippen LogP contribution in [-0.2, 0) is 7.05 Å². The Labute approximate surface area is 329 Å². The van der Waals surface area contributed by atoms with Gasteiger partial charge in [-0.1, -0.05) is 139 Å². The second kappa shape index (κ2) is 13.0. The monoisotopic (exact) mass is 754 g/mol. The van der Waals surface area contributed by atoms with Gasteiger partial charge in [0.1, 0.15) is 23.1 Å². The summed E-state index contributed by atoms with van der Waals surface area (Å²) in [5.74, 6) is 3.36. The number of rotatable bonds is 6. The van der Waals surface area contributed by atoms with Gasteiger partial charge in [0.15, 0.2) is 8.07 Å². The van der Waals surface area contributed by atoms with Crippen molar-refractivity contribution in [3.63, 3.8) is 0 Å². The minimum Gasteiger partial charge on any atom is -0.457 e. The first-order valence-electron chi connectivity index (χ1n) is 18.8. The molecule has 0 atom stereocenters. The maximum Gasteiger partial charge on any atom is 0.186 e. The van der Waals surface area contributed by atoms with E-state index in [9.17, 15) is 0 Å². The van der Waals surface area contributed by atoms with E-state index in [0.29, 0.717) is 0 Å². The molecule has 0 aliphatic carbocycles. The van der Waals surface area contributed by atoms with Crippen LogP contribution in [0.3, 0.4) is 0 Å². The molecule has 1 aliphatic heterocycles. The number of nitrogens with zero attached hydrogens (tertiary/aromatic N) is 4. The Hall–Kier alpha value is -6.67. The molecule has 0 radical (unpaired) electrons. The fourth-order valence-corrected chi connectivity index (χ4v) is 16.1. The zero-order valence-corrected chi connectivity index (χ0v) is 32.3. The number of aryl methyl sites for hydroxylation is 1. The molecule has 4 heterocycles. The predicted molar refractivity (Wildman–Crippen MR) is 233 cm³/mol. The highest BCUT2D eigenvalue weighted by Gasteiger charge is 2.50. The molecule has 0 saturated carbocycles. The summed E-state index contributed by atoms with van der Waals surface area (Å²) < 4.78 is 11.9. The first kappa shape index (κ1) is 32.7. The quantitative estimate of drug-likeness (QED) is 0.159. The van der Waals surface area contributed by atoms with Gasteiger partial charge < -0.3 is 9.30 Å². The molecular formula is C49H34N4OSSi. The molecule has 0 spiro atoms. The molecule has 0 N–H and O–H groups in total. The molecule has 56 heavy (non-hydrogen) atoms. The Balaban J connectivity index is 1.26. The number of hydrogen-bond donors (Lipinski definition) is 0. The van der Waals surface area contributed by atoms with Crippen LogP contribution in [0, 0.1) is 0 Å². The van der Waals surface area contributed by atoms with Crippen LogP contribution in [-0.4, -0.2) is 27.2 Å². The zero-order chi connectivity index (χ0) is 37.2. The van der Waals surface area contributed by atoms with Gasteiger partial charge in [0.25, 0.3) is 0 Å². The van der Waals surface area contributed by atoms with Gasteiger partial charge in [-0.2, -0.15) is 0 Å². The van der Waals surface area contributed by atoms with Crippen LogP contribution in [0.2, 0.25) is 0 Å². The summed E-state index contributed by atoms with van der Waals surface area (Å²) in [7, 11) is -0.968. The van der Waals surface area contributed by atoms with Gasteiger partial charge in [-0.15, -0.1) is 0 Å². The number of para-hydroxylation sites is 3. The van der Waals surface area contributed by atoms with Crippen LogP contribution in [0.15, 0.2) is 198 Å². The van der Waals surface area contributed by atoms with Gasteiger partial charge in [0.05, 0.1) is 22.1 Å². The Morgan fingerprint density at radius 3 is 2.07 bits per heavy atom. The normalized spacial score (nSPS) is 13.2. The minimum absolute atomic E-state index is 0.754. The van der Waals surface area contributed by atoms with Crippen molar-refractivity contribution in [2.75, 3.05) is 0 Å². The van der Waals surface area contributed by atoms with Crippen LogP contribution >= 0.6 is 11.8 Å². The van der Waals surface area contributed by atoms with E-state index in [1.165, 1.54) is 41.3 Å². The Bertz CT molecular complexity index is 3070. The summed E-state index contributed by atoms with van der Waals surface area (Å²) in [5, 5.41) is 7.64. The highest BCUT2D eigenvalue weighted by atomic mass is 32.2. The molecule has 11 rings (SSSR count). The summed E-state index contributed by atoms with van der Waals surface area (Å²) in [4.78, 5) is 12.4. The van der Waals surface area contributed by atoms with Crippen LogP contribution < -0.4 is 25.5 Å². The Kier molecular flexibility index (Phi) is 7.59. The van der Waals surface area contributed by atoms with Crippen LogP contribution in [0.4, 0.5) is 0 Å². The molecule has 7 heteroatoms. The standard InChI is InChI=1S/C49H34N4OSSi/c1-52-40-26-11-9-24-38(40)51-49(52)33-17-16-18-34(31-33)54-42-32-41-46(37-23-8-10-25-39(37)53(41)45-29-14-15-30-50-45)47-48(42)56(35-19-4-2-5-20-35,36-21-6-3-7-22-36)44-28-13-12-27-43(44)55-47/h2-32H,1H3. The number of ether oxygens (including phenoxy) is 1. The lowest BCUT2D eigenvalue weighted by Crippen LogP contribution is -2.76. The number of aromatic nitrogens is 4. The van der Waals surface area contributed by atoms with Gasteiger partial charge in [-0.05, 0) is 64.1 Å². The molecule has 10 aromatic rings. The Morgan fingerprint density at radius 1 is 0.607 bits per heavy atom. The summed E-state index contributed by atoms with van der Waals surface area (Å²) in [6.07, 6.45) is 1.87. The number of benzene rings is 7. The van der Waals surface area contributed by atoms with Crippen LogP contribution in [0.5, 0.6) is 11.5 Å². The largest absolute Gasteiger partial charge is 0.457 e. The minimum atomic E-state index is -3.05. The number of hydrogen-bond acceptors (Lipinski definition) is 4. The lowest BCUT2D eigenvalue weighted by Gasteiger charge is -2.41. The summed E-state index contributed by atoms with van der Waals surface area (Å²) >= 11 is 1.86. The van der Waals surface area contributed by atoms with Gasteiger partial charge in [0, 0.05) is 50.6 Å². The molecule has 0 bridgehead atoms. The van der Waals surface area contributed by atoms with Gasteiger partial charge in [-0.3, -0.25) is 4.57 Å². The first-order valence-corrected chi connectivity index (χ1v) is 21.6. The number of pyridine rings is 1. The third kappa shape index (κ3) is 4.88. The van der Waals surface area contributed by atoms with Crippen LogP contribution in [0.1, 0.15) is 0 Å². The van der Waals surface area contributed by atoms with Crippen molar-refractivity contribution in [3.8, 4) is 28.7 Å². The van der Waals surface area contributed by atoms with Crippen molar-refractivity contribution >= 4 is 73.4 Å². The molecule has 0 amide bonds. The average Bonchev–Trinajstić information content (AvgIpc) is 3.78.